The summed E-state index contributed by atoms with van der Waals surface area (Å²) in [5.74, 6) is 0.680. The minimum atomic E-state index is -0.223. The zero-order chi connectivity index (χ0) is 9.26. The van der Waals surface area contributed by atoms with Gasteiger partial charge >= 0.3 is 0 Å². The number of halogens is 1. The lowest BCUT2D eigenvalue weighted by atomic mass is 10.5. The van der Waals surface area contributed by atoms with Crippen LogP contribution in [0.3, 0.4) is 0 Å². The lowest BCUT2D eigenvalue weighted by Crippen LogP contribution is -1.79. The molecule has 0 bridgehead atoms. The van der Waals surface area contributed by atoms with Gasteiger partial charge in [0.25, 0.3) is 5.89 Å². The molecule has 6 heteroatoms. The average molecular weight is 261 g/mol. The second-order valence-corrected chi connectivity index (χ2v) is 4.73. The van der Waals surface area contributed by atoms with Gasteiger partial charge in [0.15, 0.2) is 0 Å². The maximum absolute atomic E-state index is 8.70. The van der Waals surface area contributed by atoms with E-state index in [1.807, 2.05) is 12.1 Å². The minimum Gasteiger partial charge on any atom is -0.417 e. The van der Waals surface area contributed by atoms with Crippen molar-refractivity contribution in [1.82, 2.24) is 10.2 Å². The van der Waals surface area contributed by atoms with Crippen LogP contribution < -0.4 is 0 Å². The summed E-state index contributed by atoms with van der Waals surface area (Å²) in [5.41, 5.74) is 0. The number of hydrogen-bond donors (Lipinski definition) is 1. The van der Waals surface area contributed by atoms with Crippen LogP contribution in [0.25, 0.3) is 10.8 Å². The van der Waals surface area contributed by atoms with E-state index in [4.69, 9.17) is 9.52 Å². The number of aromatic nitrogens is 2. The third-order valence-corrected chi connectivity index (χ3v) is 3.00. The number of rotatable bonds is 2. The normalized spacial score (nSPS) is 10.6. The number of aliphatic hydroxyl groups excluding tert-OH is 1. The molecule has 0 fully saturated rings. The number of aliphatic hydroxyl groups is 1. The van der Waals surface area contributed by atoms with Crippen molar-refractivity contribution in [3.05, 3.63) is 21.8 Å². The Kier molecular flexibility index (Phi) is 2.43. The van der Waals surface area contributed by atoms with Gasteiger partial charge in [0.2, 0.25) is 5.89 Å². The topological polar surface area (TPSA) is 59.2 Å². The lowest BCUT2D eigenvalue weighted by molar-refractivity contribution is 0.241. The Bertz CT molecular complexity index is 412. The Morgan fingerprint density at radius 1 is 1.46 bits per heavy atom. The van der Waals surface area contributed by atoms with E-state index in [2.05, 4.69) is 26.1 Å². The number of hydrogen-bond acceptors (Lipinski definition) is 5. The first-order chi connectivity index (χ1) is 6.29. The van der Waals surface area contributed by atoms with Gasteiger partial charge in [0.1, 0.15) is 6.61 Å². The zero-order valence-electron chi connectivity index (χ0n) is 6.40. The van der Waals surface area contributed by atoms with Crippen molar-refractivity contribution in [1.29, 1.82) is 0 Å². The van der Waals surface area contributed by atoms with Crippen molar-refractivity contribution in [3.63, 3.8) is 0 Å². The fraction of sp³-hybridized carbons (Fsp3) is 0.143. The second kappa shape index (κ2) is 3.57. The Hall–Kier alpha value is -0.720. The molecule has 0 saturated heterocycles. The van der Waals surface area contributed by atoms with Crippen LogP contribution >= 0.6 is 27.3 Å². The van der Waals surface area contributed by atoms with Gasteiger partial charge in [-0.1, -0.05) is 0 Å². The van der Waals surface area contributed by atoms with Gasteiger partial charge < -0.3 is 9.52 Å². The van der Waals surface area contributed by atoms with E-state index in [1.54, 1.807) is 0 Å². The maximum Gasteiger partial charge on any atom is 0.257 e. The van der Waals surface area contributed by atoms with Crippen LogP contribution in [0.4, 0.5) is 0 Å². The lowest BCUT2D eigenvalue weighted by Gasteiger charge is -1.84. The van der Waals surface area contributed by atoms with Gasteiger partial charge in [0, 0.05) is 0 Å². The second-order valence-electron chi connectivity index (χ2n) is 2.26. The van der Waals surface area contributed by atoms with Crippen LogP contribution in [0, 0.1) is 0 Å². The van der Waals surface area contributed by atoms with Crippen LogP contribution in [0.2, 0.25) is 0 Å². The van der Waals surface area contributed by atoms with E-state index in [0.717, 1.165) is 8.66 Å². The Morgan fingerprint density at radius 2 is 2.31 bits per heavy atom. The Morgan fingerprint density at radius 3 is 2.85 bits per heavy atom. The highest BCUT2D eigenvalue weighted by atomic mass is 79.9. The summed E-state index contributed by atoms with van der Waals surface area (Å²) in [5, 5.41) is 16.1. The predicted octanol–water partition coefficient (Wildman–Crippen LogP) is 2.05. The Balaban J connectivity index is 2.35. The van der Waals surface area contributed by atoms with E-state index in [-0.39, 0.29) is 12.5 Å². The molecule has 1 N–H and O–H groups in total. The van der Waals surface area contributed by atoms with E-state index in [1.165, 1.54) is 11.3 Å². The molecule has 0 aromatic carbocycles. The molecule has 2 heterocycles. The summed E-state index contributed by atoms with van der Waals surface area (Å²) >= 11 is 4.84. The molecule has 2 rings (SSSR count). The van der Waals surface area contributed by atoms with Crippen LogP contribution in [-0.4, -0.2) is 15.3 Å². The van der Waals surface area contributed by atoms with Crippen molar-refractivity contribution in [2.45, 2.75) is 6.61 Å². The first-order valence-corrected chi connectivity index (χ1v) is 5.09. The predicted molar refractivity (Wildman–Crippen MR) is 51.2 cm³/mol. The molecule has 0 radical (unpaired) electrons. The largest absolute Gasteiger partial charge is 0.417 e. The average Bonchev–Trinajstić information content (AvgIpc) is 2.71. The summed E-state index contributed by atoms with van der Waals surface area (Å²) in [7, 11) is 0. The van der Waals surface area contributed by atoms with Gasteiger partial charge in [-0.25, -0.2) is 0 Å². The number of nitrogens with zero attached hydrogens (tertiary/aromatic N) is 2. The third-order valence-electron chi connectivity index (χ3n) is 1.39. The van der Waals surface area contributed by atoms with E-state index in [0.29, 0.717) is 5.89 Å². The van der Waals surface area contributed by atoms with Gasteiger partial charge in [-0.05, 0) is 28.1 Å². The van der Waals surface area contributed by atoms with Gasteiger partial charge in [-0.3, -0.25) is 0 Å². The van der Waals surface area contributed by atoms with Gasteiger partial charge in [-0.2, -0.15) is 0 Å². The SMILES string of the molecule is OCc1nnc(-c2ccc(Br)s2)o1. The van der Waals surface area contributed by atoms with Crippen LogP contribution in [0.1, 0.15) is 5.89 Å². The van der Waals surface area contributed by atoms with Crippen LogP contribution in [0.5, 0.6) is 0 Å². The fourth-order valence-electron chi connectivity index (χ4n) is 0.846. The molecule has 0 spiro atoms. The van der Waals surface area contributed by atoms with Crippen molar-refractivity contribution in [2.75, 3.05) is 0 Å². The van der Waals surface area contributed by atoms with E-state index >= 15 is 0 Å². The summed E-state index contributed by atoms with van der Waals surface area (Å²) < 4.78 is 6.16. The molecule has 0 aliphatic carbocycles. The monoisotopic (exact) mass is 260 g/mol. The highest BCUT2D eigenvalue weighted by Gasteiger charge is 2.09. The van der Waals surface area contributed by atoms with E-state index in [9.17, 15) is 0 Å². The van der Waals surface area contributed by atoms with Gasteiger partial charge in [-0.15, -0.1) is 21.5 Å². The van der Waals surface area contributed by atoms with E-state index < -0.39 is 0 Å². The Labute approximate surface area is 86.4 Å². The molecule has 13 heavy (non-hydrogen) atoms. The molecule has 0 saturated carbocycles. The van der Waals surface area contributed by atoms with Crippen molar-refractivity contribution in [2.24, 2.45) is 0 Å². The molecular weight excluding hydrogens is 256 g/mol. The molecule has 4 nitrogen and oxygen atoms in total. The third kappa shape index (κ3) is 1.79. The first-order valence-electron chi connectivity index (χ1n) is 3.48. The number of thiophene rings is 1. The molecular formula is C7H5BrN2O2S. The molecule has 0 atom stereocenters. The standard InChI is InChI=1S/C7H5BrN2O2S/c8-5-2-1-4(13-5)7-10-9-6(3-11)12-7/h1-2,11H,3H2. The van der Waals surface area contributed by atoms with Crippen LogP contribution in [-0.2, 0) is 6.61 Å². The summed E-state index contributed by atoms with van der Waals surface area (Å²) in [6.07, 6.45) is 0. The molecule has 0 aliphatic rings. The molecule has 2 aromatic rings. The summed E-state index contributed by atoms with van der Waals surface area (Å²) in [4.78, 5) is 0.888. The quantitative estimate of drug-likeness (QED) is 0.898. The molecule has 0 aliphatic heterocycles. The summed E-state index contributed by atoms with van der Waals surface area (Å²) in [6.45, 7) is -0.223. The molecule has 2 aromatic heterocycles. The highest BCUT2D eigenvalue weighted by molar-refractivity contribution is 9.11. The zero-order valence-corrected chi connectivity index (χ0v) is 8.80. The van der Waals surface area contributed by atoms with Crippen molar-refractivity contribution in [3.8, 4) is 10.8 Å². The summed E-state index contributed by atoms with van der Waals surface area (Å²) in [6, 6.07) is 3.78. The highest BCUT2D eigenvalue weighted by Crippen LogP contribution is 2.30. The fourth-order valence-corrected chi connectivity index (χ4v) is 2.15. The minimum absolute atomic E-state index is 0.223. The molecule has 0 amide bonds. The maximum atomic E-state index is 8.70. The molecule has 0 unspecified atom stereocenters. The van der Waals surface area contributed by atoms with Crippen molar-refractivity contribution >= 4 is 27.3 Å². The van der Waals surface area contributed by atoms with Crippen molar-refractivity contribution < 1.29 is 9.52 Å². The first kappa shape index (κ1) is 8.86. The van der Waals surface area contributed by atoms with Gasteiger partial charge in [0.05, 0.1) is 8.66 Å². The smallest absolute Gasteiger partial charge is 0.257 e. The van der Waals surface area contributed by atoms with Crippen LogP contribution in [0.15, 0.2) is 20.3 Å². The molecule has 68 valence electrons.